The van der Waals surface area contributed by atoms with Gasteiger partial charge in [0, 0.05) is 5.41 Å². The van der Waals surface area contributed by atoms with Crippen LogP contribution in [0, 0.1) is 0 Å². The standard InChI is InChI=1S/C35H32O10/c1-5-42-33(40)29-19-25(15-17-27(29)31(36)37)44-23-11-7-21(8-12-23)35(3,4)22-9-13-24(14-10-22)45-26-16-18-28(32(38)39)30(20-26)34(41)43-6-2/h7-20H,5-6H2,1-4H3,(H,36,37)(H,38,39). The number of hydrogen-bond acceptors (Lipinski definition) is 8. The molecule has 0 saturated carbocycles. The van der Waals surface area contributed by atoms with Crippen LogP contribution in [0.3, 0.4) is 0 Å². The van der Waals surface area contributed by atoms with Gasteiger partial charge in [-0.15, -0.1) is 0 Å². The minimum atomic E-state index is -1.24. The molecular weight excluding hydrogens is 580 g/mol. The van der Waals surface area contributed by atoms with E-state index in [9.17, 15) is 29.4 Å². The zero-order valence-electron chi connectivity index (χ0n) is 25.2. The Bertz CT molecular complexity index is 1590. The third-order valence-electron chi connectivity index (χ3n) is 7.06. The number of carboxylic acids is 2. The van der Waals surface area contributed by atoms with Crippen molar-refractivity contribution in [2.24, 2.45) is 0 Å². The van der Waals surface area contributed by atoms with E-state index in [4.69, 9.17) is 18.9 Å². The van der Waals surface area contributed by atoms with Gasteiger partial charge < -0.3 is 29.2 Å². The molecule has 0 aliphatic carbocycles. The summed E-state index contributed by atoms with van der Waals surface area (Å²) in [6.07, 6.45) is 0. The van der Waals surface area contributed by atoms with E-state index in [0.29, 0.717) is 11.5 Å². The minimum absolute atomic E-state index is 0.0938. The zero-order chi connectivity index (χ0) is 32.7. The van der Waals surface area contributed by atoms with Gasteiger partial charge in [-0.2, -0.15) is 0 Å². The first-order chi connectivity index (χ1) is 21.4. The minimum Gasteiger partial charge on any atom is -0.478 e. The molecule has 0 aliphatic rings. The molecule has 0 amide bonds. The lowest BCUT2D eigenvalue weighted by molar-refractivity contribution is 0.0509. The van der Waals surface area contributed by atoms with E-state index in [1.54, 1.807) is 38.1 Å². The molecule has 0 aliphatic heterocycles. The van der Waals surface area contributed by atoms with Gasteiger partial charge in [0.1, 0.15) is 23.0 Å². The predicted molar refractivity (Wildman–Crippen MR) is 164 cm³/mol. The summed E-state index contributed by atoms with van der Waals surface area (Å²) in [6, 6.07) is 23.1. The van der Waals surface area contributed by atoms with Gasteiger partial charge in [-0.05, 0) is 85.6 Å². The van der Waals surface area contributed by atoms with Gasteiger partial charge in [0.05, 0.1) is 35.5 Å². The van der Waals surface area contributed by atoms with Gasteiger partial charge in [-0.25, -0.2) is 19.2 Å². The maximum atomic E-state index is 12.3. The summed E-state index contributed by atoms with van der Waals surface area (Å²) in [5.41, 5.74) is 1.02. The Morgan fingerprint density at radius 1 is 0.533 bits per heavy atom. The van der Waals surface area contributed by atoms with Gasteiger partial charge in [-0.3, -0.25) is 0 Å². The maximum Gasteiger partial charge on any atom is 0.339 e. The number of esters is 2. The summed E-state index contributed by atoms with van der Waals surface area (Å²) < 4.78 is 21.8. The first-order valence-corrected chi connectivity index (χ1v) is 14.1. The Morgan fingerprint density at radius 2 is 0.867 bits per heavy atom. The van der Waals surface area contributed by atoms with Crippen LogP contribution in [0.15, 0.2) is 84.9 Å². The average Bonchev–Trinajstić information content (AvgIpc) is 3.01. The van der Waals surface area contributed by atoms with Crippen LogP contribution < -0.4 is 9.47 Å². The number of carbonyl (C=O) groups excluding carboxylic acids is 2. The van der Waals surface area contributed by atoms with Crippen LogP contribution in [0.4, 0.5) is 0 Å². The normalized spacial score (nSPS) is 10.9. The largest absolute Gasteiger partial charge is 0.478 e. The van der Waals surface area contributed by atoms with Gasteiger partial charge in [-0.1, -0.05) is 38.1 Å². The molecule has 10 nitrogen and oxygen atoms in total. The molecule has 2 N–H and O–H groups in total. The van der Waals surface area contributed by atoms with E-state index in [0.717, 1.165) is 11.1 Å². The highest BCUT2D eigenvalue weighted by Gasteiger charge is 2.24. The van der Waals surface area contributed by atoms with Gasteiger partial charge in [0.15, 0.2) is 0 Å². The van der Waals surface area contributed by atoms with E-state index in [1.807, 2.05) is 24.3 Å². The maximum absolute atomic E-state index is 12.3. The predicted octanol–water partition coefficient (Wildman–Crippen LogP) is 7.35. The third kappa shape index (κ3) is 7.48. The molecule has 0 fully saturated rings. The molecule has 0 spiro atoms. The fraction of sp³-hybridized carbons (Fsp3) is 0.200. The summed E-state index contributed by atoms with van der Waals surface area (Å²) in [6.45, 7) is 7.61. The summed E-state index contributed by atoms with van der Waals surface area (Å²) in [5, 5.41) is 18.9. The molecule has 0 saturated heterocycles. The summed E-state index contributed by atoms with van der Waals surface area (Å²) in [5.74, 6) is -2.41. The van der Waals surface area contributed by atoms with Crippen molar-refractivity contribution in [1.82, 2.24) is 0 Å². The van der Waals surface area contributed by atoms with Crippen molar-refractivity contribution in [3.8, 4) is 23.0 Å². The third-order valence-corrected chi connectivity index (χ3v) is 7.06. The van der Waals surface area contributed by atoms with Crippen molar-refractivity contribution >= 4 is 23.9 Å². The second-order valence-corrected chi connectivity index (χ2v) is 10.3. The molecular formula is C35H32O10. The van der Waals surface area contributed by atoms with Crippen molar-refractivity contribution in [3.63, 3.8) is 0 Å². The average molecular weight is 613 g/mol. The quantitative estimate of drug-likeness (QED) is 0.156. The Morgan fingerprint density at radius 3 is 1.18 bits per heavy atom. The van der Waals surface area contributed by atoms with E-state index in [1.165, 1.54) is 36.4 Å². The molecule has 4 aromatic carbocycles. The Balaban J connectivity index is 1.49. The summed E-state index contributed by atoms with van der Waals surface area (Å²) in [4.78, 5) is 47.7. The summed E-state index contributed by atoms with van der Waals surface area (Å²) in [7, 11) is 0. The van der Waals surface area contributed by atoms with Gasteiger partial charge in [0.25, 0.3) is 0 Å². The number of ether oxygens (including phenoxy) is 4. The molecule has 45 heavy (non-hydrogen) atoms. The Hall–Kier alpha value is -5.64. The highest BCUT2D eigenvalue weighted by Crippen LogP contribution is 2.35. The Kier molecular flexibility index (Phi) is 9.88. The molecule has 0 unspecified atom stereocenters. The first kappa shape index (κ1) is 32.3. The monoisotopic (exact) mass is 612 g/mol. The van der Waals surface area contributed by atoms with E-state index < -0.39 is 29.3 Å². The number of carbonyl (C=O) groups is 4. The number of rotatable bonds is 12. The highest BCUT2D eigenvalue weighted by atomic mass is 16.5. The van der Waals surface area contributed by atoms with Crippen molar-refractivity contribution in [3.05, 3.63) is 118 Å². The molecule has 0 atom stereocenters. The fourth-order valence-electron chi connectivity index (χ4n) is 4.62. The van der Waals surface area contributed by atoms with Gasteiger partial charge in [0.2, 0.25) is 0 Å². The molecule has 0 heterocycles. The molecule has 0 radical (unpaired) electrons. The number of carboxylic acid groups (broad SMARTS) is 2. The van der Waals surface area contributed by atoms with E-state index >= 15 is 0 Å². The molecule has 0 aromatic heterocycles. The van der Waals surface area contributed by atoms with Crippen LogP contribution in [0.2, 0.25) is 0 Å². The number of benzene rings is 4. The van der Waals surface area contributed by atoms with Crippen LogP contribution in [-0.4, -0.2) is 47.3 Å². The van der Waals surface area contributed by atoms with Crippen LogP contribution in [0.25, 0.3) is 0 Å². The number of aromatic carboxylic acids is 2. The fourth-order valence-corrected chi connectivity index (χ4v) is 4.62. The molecule has 232 valence electrons. The zero-order valence-corrected chi connectivity index (χ0v) is 25.2. The summed E-state index contributed by atoms with van der Waals surface area (Å²) >= 11 is 0. The second-order valence-electron chi connectivity index (χ2n) is 10.3. The van der Waals surface area contributed by atoms with Crippen molar-refractivity contribution in [2.45, 2.75) is 33.1 Å². The molecule has 4 aromatic rings. The first-order valence-electron chi connectivity index (χ1n) is 14.1. The van der Waals surface area contributed by atoms with E-state index in [2.05, 4.69) is 13.8 Å². The highest BCUT2D eigenvalue weighted by molar-refractivity contribution is 6.03. The van der Waals surface area contributed by atoms with Crippen molar-refractivity contribution in [1.29, 1.82) is 0 Å². The van der Waals surface area contributed by atoms with Crippen LogP contribution in [-0.2, 0) is 14.9 Å². The molecule has 0 bridgehead atoms. The van der Waals surface area contributed by atoms with Crippen LogP contribution in [0.5, 0.6) is 23.0 Å². The van der Waals surface area contributed by atoms with Gasteiger partial charge >= 0.3 is 23.9 Å². The molecule has 4 rings (SSSR count). The van der Waals surface area contributed by atoms with Crippen molar-refractivity contribution < 1.29 is 48.3 Å². The number of hydrogen-bond donors (Lipinski definition) is 2. The van der Waals surface area contributed by atoms with Crippen LogP contribution >= 0.6 is 0 Å². The topological polar surface area (TPSA) is 146 Å². The SMILES string of the molecule is CCOC(=O)c1cc(Oc2ccc(C(C)(C)c3ccc(Oc4ccc(C(=O)O)c(C(=O)OCC)c4)cc3)cc2)ccc1C(=O)O. The van der Waals surface area contributed by atoms with E-state index in [-0.39, 0.29) is 47.0 Å². The smallest absolute Gasteiger partial charge is 0.339 e. The Labute approximate surface area is 259 Å². The second kappa shape index (κ2) is 13.8. The lowest BCUT2D eigenvalue weighted by atomic mass is 9.78. The van der Waals surface area contributed by atoms with Crippen molar-refractivity contribution in [2.75, 3.05) is 13.2 Å². The lowest BCUT2D eigenvalue weighted by Crippen LogP contribution is -2.18. The molecule has 10 heteroatoms. The lowest BCUT2D eigenvalue weighted by Gasteiger charge is -2.26. The van der Waals surface area contributed by atoms with Crippen LogP contribution in [0.1, 0.15) is 80.3 Å².